The number of halogens is 2. The Morgan fingerprint density at radius 2 is 2.10 bits per heavy atom. The number of ether oxygens (including phenoxy) is 2. The summed E-state index contributed by atoms with van der Waals surface area (Å²) in [5.74, 6) is 0.513. The molecule has 4 atom stereocenters. The molecule has 3 aliphatic heterocycles. The number of nitriles is 1. The molecule has 12 nitrogen and oxygen atoms in total. The van der Waals surface area contributed by atoms with Crippen LogP contribution in [0.25, 0.3) is 16.1 Å². The standard InChI is InChI=1S/C23H26F2N8O4S2/c1-13-8-31(9-15-10-36-4-3-32(13)15)19-6-16(39(34,35)30-23(11-26)12-37-14(23)2)5-18-17(7-27-33(18)19)21-28-29-22(38-21)20(24)25/h5-7,13-15,20,30H,3-4,8-10,12H2,1-2H3/t13-,14?,15+,23?/m0/s1. The molecule has 39 heavy (non-hydrogen) atoms. The molecule has 0 aliphatic carbocycles. The summed E-state index contributed by atoms with van der Waals surface area (Å²) in [6.45, 7) is 6.89. The first-order valence-electron chi connectivity index (χ1n) is 12.4. The van der Waals surface area contributed by atoms with E-state index in [0.29, 0.717) is 43.2 Å². The summed E-state index contributed by atoms with van der Waals surface area (Å²) in [5.41, 5.74) is -0.649. The van der Waals surface area contributed by atoms with E-state index in [0.717, 1.165) is 17.9 Å². The highest BCUT2D eigenvalue weighted by Gasteiger charge is 2.49. The number of rotatable bonds is 6. The molecule has 0 bridgehead atoms. The highest BCUT2D eigenvalue weighted by Crippen LogP contribution is 2.36. The zero-order valence-electron chi connectivity index (χ0n) is 21.1. The first-order chi connectivity index (χ1) is 18.6. The van der Waals surface area contributed by atoms with Gasteiger partial charge in [-0.2, -0.15) is 15.1 Å². The molecule has 0 aromatic carbocycles. The fraction of sp³-hybridized carbons (Fsp3) is 0.565. The third kappa shape index (κ3) is 4.46. The molecular weight excluding hydrogens is 554 g/mol. The SMILES string of the molecule is CC1OCC1(C#N)NS(=O)(=O)c1cc(N2C[C@@H]3COCCN3[C@@H](C)C2)n2ncc(-c3nnc(C(F)F)s3)c2c1. The van der Waals surface area contributed by atoms with Gasteiger partial charge in [0.1, 0.15) is 5.82 Å². The normalized spacial score (nSPS) is 27.9. The Balaban J connectivity index is 1.47. The molecule has 6 rings (SSSR count). The van der Waals surface area contributed by atoms with E-state index < -0.39 is 33.1 Å². The lowest BCUT2D eigenvalue weighted by Crippen LogP contribution is -2.66. The predicted molar refractivity (Wildman–Crippen MR) is 136 cm³/mol. The molecule has 0 spiro atoms. The van der Waals surface area contributed by atoms with Crippen molar-refractivity contribution in [3.05, 3.63) is 23.3 Å². The van der Waals surface area contributed by atoms with E-state index in [-0.39, 0.29) is 28.6 Å². The number of nitrogens with zero attached hydrogens (tertiary/aromatic N) is 7. The van der Waals surface area contributed by atoms with Crippen LogP contribution in [0.4, 0.5) is 14.6 Å². The second kappa shape index (κ2) is 9.68. The van der Waals surface area contributed by atoms with Gasteiger partial charge < -0.3 is 14.4 Å². The zero-order chi connectivity index (χ0) is 27.5. The Bertz CT molecular complexity index is 1560. The third-order valence-corrected chi connectivity index (χ3v) is 10.0. The molecule has 3 saturated heterocycles. The van der Waals surface area contributed by atoms with E-state index >= 15 is 0 Å². The van der Waals surface area contributed by atoms with E-state index in [1.54, 1.807) is 11.4 Å². The van der Waals surface area contributed by atoms with Gasteiger partial charge in [0.15, 0.2) is 15.6 Å². The molecule has 3 aliphatic rings. The molecule has 0 amide bonds. The number of sulfonamides is 1. The van der Waals surface area contributed by atoms with E-state index in [1.807, 2.05) is 6.07 Å². The van der Waals surface area contributed by atoms with Crippen LogP contribution in [0, 0.1) is 11.3 Å². The summed E-state index contributed by atoms with van der Waals surface area (Å²) in [6.07, 6.45) is -1.93. The molecule has 0 radical (unpaired) electrons. The largest absolute Gasteiger partial charge is 0.378 e. The minimum Gasteiger partial charge on any atom is -0.378 e. The smallest absolute Gasteiger partial charge is 0.291 e. The number of pyridine rings is 1. The van der Waals surface area contributed by atoms with Crippen LogP contribution < -0.4 is 9.62 Å². The predicted octanol–water partition coefficient (Wildman–Crippen LogP) is 1.66. The van der Waals surface area contributed by atoms with Crippen LogP contribution in [-0.2, 0) is 19.5 Å². The number of piperazine rings is 1. The van der Waals surface area contributed by atoms with Gasteiger partial charge in [0.2, 0.25) is 10.0 Å². The van der Waals surface area contributed by atoms with E-state index in [9.17, 15) is 22.5 Å². The van der Waals surface area contributed by atoms with Gasteiger partial charge in [0, 0.05) is 31.7 Å². The van der Waals surface area contributed by atoms with Gasteiger partial charge >= 0.3 is 0 Å². The number of hydrogen-bond donors (Lipinski definition) is 1. The zero-order valence-corrected chi connectivity index (χ0v) is 22.8. The summed E-state index contributed by atoms with van der Waals surface area (Å²) in [7, 11) is -4.21. The average molecular weight is 581 g/mol. The van der Waals surface area contributed by atoms with Crippen LogP contribution in [0.2, 0.25) is 0 Å². The fourth-order valence-corrected chi connectivity index (χ4v) is 7.45. The summed E-state index contributed by atoms with van der Waals surface area (Å²) in [5, 5.41) is 21.5. The molecule has 16 heteroatoms. The maximum absolute atomic E-state index is 13.7. The van der Waals surface area contributed by atoms with Crippen molar-refractivity contribution in [3.8, 4) is 16.6 Å². The van der Waals surface area contributed by atoms with Gasteiger partial charge in [-0.05, 0) is 19.9 Å². The van der Waals surface area contributed by atoms with Crippen molar-refractivity contribution < 1.29 is 26.7 Å². The van der Waals surface area contributed by atoms with Gasteiger partial charge in [0.25, 0.3) is 6.43 Å². The molecule has 0 saturated carbocycles. The third-order valence-electron chi connectivity index (χ3n) is 7.59. The van der Waals surface area contributed by atoms with Gasteiger partial charge in [0.05, 0.1) is 60.2 Å². The number of fused-ring (bicyclic) bond motifs is 2. The lowest BCUT2D eigenvalue weighted by molar-refractivity contribution is -0.102. The van der Waals surface area contributed by atoms with Gasteiger partial charge in [-0.15, -0.1) is 10.2 Å². The molecule has 2 unspecified atom stereocenters. The van der Waals surface area contributed by atoms with Crippen LogP contribution in [0.5, 0.6) is 0 Å². The molecule has 3 aromatic heterocycles. The molecule has 3 fully saturated rings. The van der Waals surface area contributed by atoms with Crippen molar-refractivity contribution in [2.24, 2.45) is 0 Å². The second-order valence-electron chi connectivity index (χ2n) is 10.0. The number of alkyl halides is 2. The van der Waals surface area contributed by atoms with E-state index in [1.165, 1.54) is 18.3 Å². The number of aromatic nitrogens is 4. The first kappa shape index (κ1) is 26.4. The Morgan fingerprint density at radius 3 is 2.77 bits per heavy atom. The number of morpholine rings is 1. The average Bonchev–Trinajstić information content (AvgIpc) is 3.58. The monoisotopic (exact) mass is 580 g/mol. The molecular formula is C23H26F2N8O4S2. The van der Waals surface area contributed by atoms with Crippen molar-refractivity contribution in [2.45, 2.75) is 48.9 Å². The van der Waals surface area contributed by atoms with Crippen molar-refractivity contribution in [2.75, 3.05) is 44.4 Å². The minimum atomic E-state index is -4.21. The molecule has 1 N–H and O–H groups in total. The fourth-order valence-electron chi connectivity index (χ4n) is 5.34. The molecule has 3 aromatic rings. The van der Waals surface area contributed by atoms with Crippen molar-refractivity contribution in [1.29, 1.82) is 5.26 Å². The van der Waals surface area contributed by atoms with E-state index in [2.05, 4.69) is 36.7 Å². The van der Waals surface area contributed by atoms with E-state index in [4.69, 9.17) is 9.47 Å². The lowest BCUT2D eigenvalue weighted by atomic mass is 9.92. The highest BCUT2D eigenvalue weighted by molar-refractivity contribution is 7.89. The Hall–Kier alpha value is -2.81. The van der Waals surface area contributed by atoms with Crippen LogP contribution in [-0.4, -0.2) is 96.3 Å². The Morgan fingerprint density at radius 1 is 1.28 bits per heavy atom. The number of anilines is 1. The number of nitrogens with one attached hydrogen (secondary N) is 1. The quantitative estimate of drug-likeness (QED) is 0.458. The van der Waals surface area contributed by atoms with Gasteiger partial charge in [-0.25, -0.2) is 21.7 Å². The van der Waals surface area contributed by atoms with Crippen LogP contribution in [0.15, 0.2) is 23.2 Å². The number of hydrogen-bond acceptors (Lipinski definition) is 11. The van der Waals surface area contributed by atoms with Gasteiger partial charge in [-0.3, -0.25) is 4.90 Å². The van der Waals surface area contributed by atoms with Crippen LogP contribution in [0.3, 0.4) is 0 Å². The summed E-state index contributed by atoms with van der Waals surface area (Å²) < 4.78 is 68.9. The van der Waals surface area contributed by atoms with Crippen molar-refractivity contribution in [1.82, 2.24) is 29.4 Å². The molecule has 6 heterocycles. The van der Waals surface area contributed by atoms with Crippen LogP contribution >= 0.6 is 11.3 Å². The topological polar surface area (TPSA) is 138 Å². The summed E-state index contributed by atoms with van der Waals surface area (Å²) in [6, 6.07) is 5.25. The molecule has 208 valence electrons. The summed E-state index contributed by atoms with van der Waals surface area (Å²) in [4.78, 5) is 4.35. The van der Waals surface area contributed by atoms with Crippen molar-refractivity contribution >= 4 is 32.7 Å². The highest BCUT2D eigenvalue weighted by atomic mass is 32.2. The minimum absolute atomic E-state index is 0.0702. The maximum Gasteiger partial charge on any atom is 0.291 e. The van der Waals surface area contributed by atoms with Crippen LogP contribution in [0.1, 0.15) is 25.3 Å². The second-order valence-corrected chi connectivity index (χ2v) is 12.7. The lowest BCUT2D eigenvalue weighted by Gasteiger charge is -2.48. The first-order valence-corrected chi connectivity index (χ1v) is 14.7. The van der Waals surface area contributed by atoms with Gasteiger partial charge in [-0.1, -0.05) is 11.3 Å². The Labute approximate surface area is 227 Å². The Kier molecular flexibility index (Phi) is 6.56. The maximum atomic E-state index is 13.7. The van der Waals surface area contributed by atoms with Crippen molar-refractivity contribution in [3.63, 3.8) is 0 Å². The summed E-state index contributed by atoms with van der Waals surface area (Å²) >= 11 is 0.723.